The van der Waals surface area contributed by atoms with Crippen molar-refractivity contribution in [2.24, 2.45) is 41.4 Å². The summed E-state index contributed by atoms with van der Waals surface area (Å²) in [5.74, 6) is 24.6. The molecule has 0 spiro atoms. The van der Waals surface area contributed by atoms with Crippen molar-refractivity contribution in [3.8, 4) is 67.2 Å². The van der Waals surface area contributed by atoms with Crippen LogP contribution in [0, 0.1) is 66.7 Å². The second-order valence-corrected chi connectivity index (χ2v) is 75.3. The van der Waals surface area contributed by atoms with Gasteiger partial charge in [-0.25, -0.2) is 0 Å². The van der Waals surface area contributed by atoms with Gasteiger partial charge in [-0.2, -0.15) is 0 Å². The van der Waals surface area contributed by atoms with Crippen molar-refractivity contribution in [3.63, 3.8) is 0 Å². The number of allylic oxidation sites excluding steroid dienone is 8. The molecule has 0 amide bonds. The van der Waals surface area contributed by atoms with Gasteiger partial charge >= 0.3 is 573 Å². The number of carbonyl (C=O) groups excluding carboxylic acids is 3. The minimum absolute atomic E-state index is 0. The zero-order valence-electron chi connectivity index (χ0n) is 91.3. The van der Waals surface area contributed by atoms with E-state index in [-0.39, 0.29) is 130 Å². The van der Waals surface area contributed by atoms with Gasteiger partial charge < -0.3 is 15.3 Å². The average molecular weight is 2710 g/mol. The van der Waals surface area contributed by atoms with Crippen LogP contribution in [0.3, 0.4) is 0 Å². The van der Waals surface area contributed by atoms with Gasteiger partial charge in [-0.3, -0.25) is 14.4 Å². The average Bonchev–Trinajstić information content (AvgIpc) is 1.61. The van der Waals surface area contributed by atoms with Crippen LogP contribution in [0.1, 0.15) is 190 Å². The molecule has 1 aliphatic heterocycles. The zero-order valence-corrected chi connectivity index (χ0v) is 106. The van der Waals surface area contributed by atoms with E-state index in [1.807, 2.05) is 107 Å². The Bertz CT molecular complexity index is 7000. The topological polar surface area (TPSA) is 193 Å². The third-order valence-corrected chi connectivity index (χ3v) is 42.4. The van der Waals surface area contributed by atoms with Gasteiger partial charge in [-0.05, 0) is 77.0 Å². The van der Waals surface area contributed by atoms with Gasteiger partial charge in [0.1, 0.15) is 0 Å². The van der Waals surface area contributed by atoms with Crippen LogP contribution in [-0.4, -0.2) is 110 Å². The minimum atomic E-state index is -1.99. The molecule has 0 fully saturated rings. The van der Waals surface area contributed by atoms with Crippen molar-refractivity contribution in [2.45, 2.75) is 245 Å². The molecule has 148 heavy (non-hydrogen) atoms. The Labute approximate surface area is 934 Å². The maximum absolute atomic E-state index is 11.7. The molecular formula is C128H153Ge3Ir3N6O7S-3. The van der Waals surface area contributed by atoms with Crippen molar-refractivity contribution in [1.82, 2.24) is 24.9 Å². The number of aromatic nitrogens is 5. The fourth-order valence-corrected chi connectivity index (χ4v) is 27.5. The third kappa shape index (κ3) is 30.8. The Balaban J connectivity index is 0.000000205. The smallest absolute Gasteiger partial charge is 0 e. The predicted octanol–water partition coefficient (Wildman–Crippen LogP) is 33.6. The predicted molar refractivity (Wildman–Crippen MR) is 625 cm³/mol. The number of hydrogen-bond donors (Lipinski definition) is 3. The largest absolute Gasteiger partial charge is 0 e. The van der Waals surface area contributed by atoms with Crippen molar-refractivity contribution >= 4 is 152 Å². The van der Waals surface area contributed by atoms with Crippen LogP contribution in [-0.2, 0) is 74.7 Å². The maximum atomic E-state index is 11.7. The molecule has 13 nitrogen and oxygen atoms in total. The molecule has 1 aliphatic carbocycles. The second-order valence-electron chi connectivity index (χ2n) is 42.1. The fraction of sp³-hybridized carbons (Fsp3) is 0.359. The zero-order chi connectivity index (χ0) is 105. The Morgan fingerprint density at radius 3 is 1.20 bits per heavy atom. The fourth-order valence-electron chi connectivity index (χ4n) is 19.4. The summed E-state index contributed by atoms with van der Waals surface area (Å²) in [7, 11) is 0. The Kier molecular flexibility index (Phi) is 46.8. The second kappa shape index (κ2) is 56.8. The van der Waals surface area contributed by atoms with E-state index < -0.39 is 39.8 Å². The number of nitrogens with zero attached hydrogens (tertiary/aromatic N) is 6. The van der Waals surface area contributed by atoms with Crippen LogP contribution >= 0.6 is 11.3 Å². The quantitative estimate of drug-likeness (QED) is 0.0156. The number of aryl methyl sites for hydroxylation is 1. The number of benzene rings is 9. The number of fused-ring (bicyclic) bond motifs is 10. The normalized spacial score (nSPS) is 13.6. The van der Waals surface area contributed by atoms with E-state index in [2.05, 4.69) is 319 Å². The number of carbonyl (C=O) groups is 3. The van der Waals surface area contributed by atoms with Gasteiger partial charge in [0.25, 0.3) is 0 Å². The van der Waals surface area contributed by atoms with Gasteiger partial charge in [0.05, 0.1) is 17.3 Å². The molecule has 15 aromatic rings. The molecule has 17 rings (SSSR count). The van der Waals surface area contributed by atoms with Crippen molar-refractivity contribution in [3.05, 3.63) is 307 Å². The number of pyridine rings is 4. The summed E-state index contributed by atoms with van der Waals surface area (Å²) in [6.07, 6.45) is 27.0. The van der Waals surface area contributed by atoms with E-state index in [0.29, 0.717) is 23.6 Å². The van der Waals surface area contributed by atoms with Crippen LogP contribution in [0.5, 0.6) is 0 Å². The standard InChI is InChI=1S/C34H35GeN2.C29H23GeN2O.C26H23GeN2S.3C13H24O2.3Ir/c1-23(2)22-37-33-14-10-9-13-27(33)28-17-15-25(19-34(28)37)32-21-29(24-11-7-6-8-12-24)30-20-26(35(3,4)5)16-18-31(30)36-32;1-30(2,3)21-13-14-26-24(16-21)23(19-9-5-4-6-10-19)17-27(32-26)20-15-25-22-11-7-8-12-28(22)33-29(25)31-18-20;1-17-28-26-20(11-8-12-25(26)30-17)24-16-21(18-9-6-5-7-10-18)22-15-19(27(2,3)4)13-14-23(22)29-24;3*1-5-10(6-2)12(14)9-13(15)11(7-3)8-4;;;/h6-14,16-21,23,27,33H,22H2,1-5H3;4-17H,1-3H3;5-10,12-16H,1-4H3;3*9-11,14H,5-8H2,1-4H3;;;/q3*-1;;;;;;. The molecule has 0 saturated carbocycles. The molecule has 0 bridgehead atoms. The summed E-state index contributed by atoms with van der Waals surface area (Å²) in [5.41, 5.74) is 21.2. The van der Waals surface area contributed by atoms with E-state index in [4.69, 9.17) is 24.4 Å². The molecule has 0 saturated heterocycles. The third-order valence-electron chi connectivity index (χ3n) is 28.6. The first-order valence-electron chi connectivity index (χ1n) is 53.0. The summed E-state index contributed by atoms with van der Waals surface area (Å²) in [4.78, 5) is 62.3. The first-order valence-corrected chi connectivity index (χ1v) is 75.8. The molecule has 3 N–H and O–H groups in total. The SMILES string of the molecule is CC(C)CN1c2cc(-c3cc(-c4ccccc4)c4c[c]([Ge]([CH3])([CH3])[CH3])ccc4n3)[c-]cc2C2C=CC=CC21.CCC(CC)C(=O)C=C(O)C(CC)CC.CCC(CC)C(=O)C=C(O)C(CC)CC.CCC(CC)C(=O)C=C(O)C(CC)CC.Cc1nc2c(-c3cc(-c4ccccc4)c4c[c]([Ge]([CH3])([CH3])[CH3])ccc4n3)[c-]ccc2s1.[CH3][Ge]([CH3])([CH3])[c]1ccc2nc(-c3[c-]nc4oc5ccccc5c4c3)cc(-c3ccccc3)c2c1.[Ir].[Ir].[Ir]. The minimum Gasteiger partial charge on any atom is 0 e. The summed E-state index contributed by atoms with van der Waals surface area (Å²) in [5, 5.41) is 36.1. The van der Waals surface area contributed by atoms with Gasteiger partial charge in [-0.15, -0.1) is 0 Å². The summed E-state index contributed by atoms with van der Waals surface area (Å²) >= 11 is -4.21. The monoisotopic (exact) mass is 2720 g/mol. The number of hydrogen-bond acceptors (Lipinski definition) is 14. The van der Waals surface area contributed by atoms with Crippen LogP contribution in [0.4, 0.5) is 5.69 Å². The molecule has 9 aromatic carbocycles. The number of ketones is 3. The molecule has 20 heteroatoms. The first-order chi connectivity index (χ1) is 69.5. The summed E-state index contributed by atoms with van der Waals surface area (Å²) in [6, 6.07) is 85.4. The number of para-hydroxylation sites is 1. The van der Waals surface area contributed by atoms with E-state index in [9.17, 15) is 29.7 Å². The van der Waals surface area contributed by atoms with Crippen molar-refractivity contribution in [1.29, 1.82) is 0 Å². The van der Waals surface area contributed by atoms with Crippen LogP contribution in [0.2, 0.25) is 51.8 Å². The summed E-state index contributed by atoms with van der Waals surface area (Å²) < 4.78 is 11.6. The molecule has 3 radical (unpaired) electrons. The molecular weight excluding hydrogens is 2560 g/mol. The van der Waals surface area contributed by atoms with Crippen molar-refractivity contribution < 1.29 is 94.4 Å². The van der Waals surface area contributed by atoms with E-state index in [0.717, 1.165) is 161 Å². The number of aliphatic hydroxyl groups is 3. The first kappa shape index (κ1) is 122. The molecule has 2 aliphatic rings. The maximum Gasteiger partial charge on any atom is 0 e. The Morgan fingerprint density at radius 2 is 0.797 bits per heavy atom. The molecule has 6 aromatic heterocycles. The van der Waals surface area contributed by atoms with Gasteiger partial charge in [-0.1, -0.05) is 115 Å². The number of rotatable bonds is 32. The van der Waals surface area contributed by atoms with E-state index in [1.54, 1.807) is 11.3 Å². The number of anilines is 1. The number of aliphatic hydroxyl groups excluding tert-OH is 3. The molecule has 7 heterocycles. The van der Waals surface area contributed by atoms with Gasteiger partial charge in [0.15, 0.2) is 17.3 Å². The Morgan fingerprint density at radius 1 is 0.419 bits per heavy atom. The van der Waals surface area contributed by atoms with E-state index in [1.165, 1.54) is 96.9 Å². The van der Waals surface area contributed by atoms with Crippen LogP contribution < -0.4 is 18.1 Å². The van der Waals surface area contributed by atoms with Gasteiger partial charge in [0.2, 0.25) is 0 Å². The van der Waals surface area contributed by atoms with E-state index >= 15 is 0 Å². The molecule has 2 unspecified atom stereocenters. The number of thiazole rings is 1. The molecule has 785 valence electrons. The van der Waals surface area contributed by atoms with Crippen LogP contribution in [0.25, 0.3) is 132 Å². The van der Waals surface area contributed by atoms with Crippen LogP contribution in [0.15, 0.2) is 283 Å². The molecule has 2 atom stereocenters. The summed E-state index contributed by atoms with van der Waals surface area (Å²) in [6.45, 7) is 31.9. The van der Waals surface area contributed by atoms with Crippen molar-refractivity contribution in [2.75, 3.05) is 11.4 Å². The number of furan rings is 1. The Hall–Kier alpha value is -9.46. The van der Waals surface area contributed by atoms with Gasteiger partial charge in [0, 0.05) is 114 Å².